The Morgan fingerprint density at radius 2 is 2.38 bits per heavy atom. The van der Waals surface area contributed by atoms with Crippen LogP contribution >= 0.6 is 0 Å². The summed E-state index contributed by atoms with van der Waals surface area (Å²) in [4.78, 5) is 11.4. The summed E-state index contributed by atoms with van der Waals surface area (Å²) in [5.41, 5.74) is 0.783. The number of aromatic nitrogens is 2. The van der Waals surface area contributed by atoms with Gasteiger partial charge in [0.15, 0.2) is 0 Å². The number of carbonyl (C=O) groups excluding carboxylic acids is 1. The maximum Gasteiger partial charge on any atom is 0.221 e. The molecule has 16 heavy (non-hydrogen) atoms. The van der Waals surface area contributed by atoms with Crippen molar-refractivity contribution in [2.45, 2.75) is 31.8 Å². The fourth-order valence-corrected chi connectivity index (χ4v) is 1.38. The third-order valence-corrected chi connectivity index (χ3v) is 2.46. The summed E-state index contributed by atoms with van der Waals surface area (Å²) in [6.45, 7) is 1.22. The average molecular weight is 220 g/mol. The standard InChI is InChI=1S/C11H16N4O/c16-11(5-7-12-9-3-4-9)13-8-10-2-1-6-14-15-10/h1-2,6,9,12H,3-5,7-8H2,(H,13,16). The molecule has 1 saturated carbocycles. The highest BCUT2D eigenvalue weighted by atomic mass is 16.1. The van der Waals surface area contributed by atoms with E-state index >= 15 is 0 Å². The highest BCUT2D eigenvalue weighted by Crippen LogP contribution is 2.18. The second kappa shape index (κ2) is 5.55. The molecule has 0 radical (unpaired) electrons. The lowest BCUT2D eigenvalue weighted by Gasteiger charge is -2.04. The number of hydrogen-bond donors (Lipinski definition) is 2. The van der Waals surface area contributed by atoms with Crippen LogP contribution in [0.3, 0.4) is 0 Å². The van der Waals surface area contributed by atoms with Crippen molar-refractivity contribution in [1.29, 1.82) is 0 Å². The molecule has 2 rings (SSSR count). The van der Waals surface area contributed by atoms with Crippen LogP contribution in [0, 0.1) is 0 Å². The summed E-state index contributed by atoms with van der Waals surface area (Å²) in [5.74, 6) is 0.0544. The van der Waals surface area contributed by atoms with E-state index in [4.69, 9.17) is 0 Å². The molecule has 1 heterocycles. The SMILES string of the molecule is O=C(CCNC1CC1)NCc1cccnn1. The van der Waals surface area contributed by atoms with E-state index in [1.54, 1.807) is 6.20 Å². The summed E-state index contributed by atoms with van der Waals surface area (Å²) in [5, 5.41) is 13.7. The van der Waals surface area contributed by atoms with Crippen molar-refractivity contribution in [1.82, 2.24) is 20.8 Å². The van der Waals surface area contributed by atoms with Crippen LogP contribution in [-0.2, 0) is 11.3 Å². The monoisotopic (exact) mass is 220 g/mol. The first-order valence-corrected chi connectivity index (χ1v) is 5.61. The van der Waals surface area contributed by atoms with Crippen LogP contribution in [-0.4, -0.2) is 28.7 Å². The molecule has 0 bridgehead atoms. The number of rotatable bonds is 6. The molecule has 1 fully saturated rings. The molecule has 1 aromatic heterocycles. The van der Waals surface area contributed by atoms with Gasteiger partial charge in [0, 0.05) is 25.2 Å². The van der Waals surface area contributed by atoms with Crippen LogP contribution in [0.25, 0.3) is 0 Å². The predicted molar refractivity (Wildman–Crippen MR) is 59.5 cm³/mol. The highest BCUT2D eigenvalue weighted by Gasteiger charge is 2.19. The molecule has 1 amide bonds. The van der Waals surface area contributed by atoms with E-state index in [2.05, 4.69) is 20.8 Å². The van der Waals surface area contributed by atoms with Crippen LogP contribution in [0.4, 0.5) is 0 Å². The molecule has 0 atom stereocenters. The Morgan fingerprint density at radius 3 is 3.06 bits per heavy atom. The van der Waals surface area contributed by atoms with Crippen molar-refractivity contribution in [2.75, 3.05) is 6.54 Å². The maximum atomic E-state index is 11.4. The number of amides is 1. The first-order chi connectivity index (χ1) is 7.84. The largest absolute Gasteiger partial charge is 0.350 e. The minimum absolute atomic E-state index is 0.0544. The average Bonchev–Trinajstić information content (AvgIpc) is 3.12. The fourth-order valence-electron chi connectivity index (χ4n) is 1.38. The Labute approximate surface area is 94.6 Å². The van der Waals surface area contributed by atoms with Crippen molar-refractivity contribution in [2.24, 2.45) is 0 Å². The van der Waals surface area contributed by atoms with Gasteiger partial charge in [-0.25, -0.2) is 0 Å². The summed E-state index contributed by atoms with van der Waals surface area (Å²) >= 11 is 0. The van der Waals surface area contributed by atoms with Gasteiger partial charge in [0.25, 0.3) is 0 Å². The quantitative estimate of drug-likeness (QED) is 0.720. The van der Waals surface area contributed by atoms with E-state index in [9.17, 15) is 4.79 Å². The fraction of sp³-hybridized carbons (Fsp3) is 0.545. The van der Waals surface area contributed by atoms with Crippen LogP contribution in [0.15, 0.2) is 18.3 Å². The Hall–Kier alpha value is -1.49. The molecular weight excluding hydrogens is 204 g/mol. The van der Waals surface area contributed by atoms with Crippen molar-refractivity contribution in [3.05, 3.63) is 24.0 Å². The van der Waals surface area contributed by atoms with Crippen LogP contribution in [0.2, 0.25) is 0 Å². The second-order valence-corrected chi connectivity index (χ2v) is 3.97. The molecule has 0 aromatic carbocycles. The molecule has 86 valence electrons. The summed E-state index contributed by atoms with van der Waals surface area (Å²) in [6.07, 6.45) is 4.64. The minimum Gasteiger partial charge on any atom is -0.350 e. The van der Waals surface area contributed by atoms with E-state index in [0.717, 1.165) is 12.2 Å². The minimum atomic E-state index is 0.0544. The van der Waals surface area contributed by atoms with Crippen LogP contribution in [0.1, 0.15) is 25.0 Å². The Kier molecular flexibility index (Phi) is 3.82. The molecule has 1 aliphatic carbocycles. The van der Waals surface area contributed by atoms with Crippen molar-refractivity contribution in [3.63, 3.8) is 0 Å². The molecule has 0 saturated heterocycles. The number of nitrogens with zero attached hydrogens (tertiary/aromatic N) is 2. The Bertz CT molecular complexity index is 337. The van der Waals surface area contributed by atoms with Gasteiger partial charge in [-0.3, -0.25) is 4.79 Å². The van der Waals surface area contributed by atoms with Crippen molar-refractivity contribution >= 4 is 5.91 Å². The smallest absolute Gasteiger partial charge is 0.221 e. The van der Waals surface area contributed by atoms with E-state index in [0.29, 0.717) is 19.0 Å². The molecule has 0 spiro atoms. The normalized spacial score (nSPS) is 14.8. The third kappa shape index (κ3) is 3.94. The zero-order valence-electron chi connectivity index (χ0n) is 9.15. The van der Waals surface area contributed by atoms with Gasteiger partial charge in [-0.2, -0.15) is 10.2 Å². The van der Waals surface area contributed by atoms with Gasteiger partial charge in [-0.15, -0.1) is 0 Å². The van der Waals surface area contributed by atoms with Crippen LogP contribution in [0.5, 0.6) is 0 Å². The molecule has 5 nitrogen and oxygen atoms in total. The molecular formula is C11H16N4O. The van der Waals surface area contributed by atoms with E-state index in [1.807, 2.05) is 12.1 Å². The topological polar surface area (TPSA) is 66.9 Å². The van der Waals surface area contributed by atoms with Gasteiger partial charge in [0.1, 0.15) is 0 Å². The zero-order valence-corrected chi connectivity index (χ0v) is 9.15. The zero-order chi connectivity index (χ0) is 11.2. The predicted octanol–water partition coefficient (Wildman–Crippen LogP) is 0.235. The van der Waals surface area contributed by atoms with Gasteiger partial charge < -0.3 is 10.6 Å². The Balaban J connectivity index is 1.59. The second-order valence-electron chi connectivity index (χ2n) is 3.97. The lowest BCUT2D eigenvalue weighted by atomic mass is 10.3. The van der Waals surface area contributed by atoms with Gasteiger partial charge in [0.2, 0.25) is 5.91 Å². The van der Waals surface area contributed by atoms with Gasteiger partial charge in [-0.05, 0) is 25.0 Å². The number of carbonyl (C=O) groups is 1. The van der Waals surface area contributed by atoms with E-state index < -0.39 is 0 Å². The van der Waals surface area contributed by atoms with Gasteiger partial charge >= 0.3 is 0 Å². The summed E-state index contributed by atoms with van der Waals surface area (Å²) in [6, 6.07) is 4.31. The first-order valence-electron chi connectivity index (χ1n) is 5.61. The van der Waals surface area contributed by atoms with E-state index in [-0.39, 0.29) is 5.91 Å². The number of hydrogen-bond acceptors (Lipinski definition) is 4. The first kappa shape index (κ1) is 11.0. The number of nitrogens with one attached hydrogen (secondary N) is 2. The van der Waals surface area contributed by atoms with Crippen molar-refractivity contribution < 1.29 is 4.79 Å². The molecule has 5 heteroatoms. The summed E-state index contributed by atoms with van der Waals surface area (Å²) < 4.78 is 0. The Morgan fingerprint density at radius 1 is 1.50 bits per heavy atom. The summed E-state index contributed by atoms with van der Waals surface area (Å²) in [7, 11) is 0. The highest BCUT2D eigenvalue weighted by molar-refractivity contribution is 5.75. The van der Waals surface area contributed by atoms with Crippen LogP contribution < -0.4 is 10.6 Å². The lowest BCUT2D eigenvalue weighted by molar-refractivity contribution is -0.121. The van der Waals surface area contributed by atoms with Crippen molar-refractivity contribution in [3.8, 4) is 0 Å². The van der Waals surface area contributed by atoms with Gasteiger partial charge in [0.05, 0.1) is 12.2 Å². The van der Waals surface area contributed by atoms with Gasteiger partial charge in [-0.1, -0.05) is 0 Å². The molecule has 2 N–H and O–H groups in total. The molecule has 0 aliphatic heterocycles. The maximum absolute atomic E-state index is 11.4. The lowest BCUT2D eigenvalue weighted by Crippen LogP contribution is -2.28. The molecule has 1 aliphatic rings. The molecule has 0 unspecified atom stereocenters. The third-order valence-electron chi connectivity index (χ3n) is 2.46. The van der Waals surface area contributed by atoms with E-state index in [1.165, 1.54) is 12.8 Å². The molecule has 1 aromatic rings.